The van der Waals surface area contributed by atoms with Gasteiger partial charge < -0.3 is 10.6 Å². The average molecular weight is 163 g/mol. The largest absolute Gasteiger partial charge is 0.382 e. The summed E-state index contributed by atoms with van der Waals surface area (Å²) in [5.41, 5.74) is 7.69. The van der Waals surface area contributed by atoms with Gasteiger partial charge in [-0.15, -0.1) is 0 Å². The summed E-state index contributed by atoms with van der Waals surface area (Å²) in [6.45, 7) is 5.40. The van der Waals surface area contributed by atoms with Gasteiger partial charge in [-0.1, -0.05) is 6.08 Å². The van der Waals surface area contributed by atoms with Crippen LogP contribution in [0.25, 0.3) is 0 Å². The molecular weight excluding hydrogens is 150 g/mol. The van der Waals surface area contributed by atoms with Crippen LogP contribution < -0.4 is 5.73 Å². The normalized spacial score (nSPS) is 20.5. The maximum absolute atomic E-state index is 5.61. The minimum atomic E-state index is 0.456. The summed E-state index contributed by atoms with van der Waals surface area (Å²) in [5.74, 6) is 0.456. The van der Waals surface area contributed by atoms with Gasteiger partial charge in [-0.2, -0.15) is 0 Å². The SMILES string of the molecule is C=N/C(N)=C1/C=CC(C)=CN1C. The summed E-state index contributed by atoms with van der Waals surface area (Å²) >= 11 is 0. The molecule has 2 N–H and O–H groups in total. The molecule has 3 heteroatoms. The first-order valence-corrected chi connectivity index (χ1v) is 3.71. The highest BCUT2D eigenvalue weighted by molar-refractivity contribution is 5.37. The van der Waals surface area contributed by atoms with Crippen molar-refractivity contribution in [3.8, 4) is 0 Å². The third kappa shape index (κ3) is 1.56. The van der Waals surface area contributed by atoms with Crippen molar-refractivity contribution in [2.24, 2.45) is 10.7 Å². The molecule has 0 aromatic rings. The molecule has 1 heterocycles. The monoisotopic (exact) mass is 163 g/mol. The number of hydrogen-bond acceptors (Lipinski definition) is 3. The molecular formula is C9H13N3. The Bertz CT molecular complexity index is 284. The second kappa shape index (κ2) is 3.26. The van der Waals surface area contributed by atoms with Crippen molar-refractivity contribution in [1.82, 2.24) is 4.90 Å². The molecule has 0 fully saturated rings. The molecule has 0 bridgehead atoms. The van der Waals surface area contributed by atoms with E-state index in [1.807, 2.05) is 37.2 Å². The van der Waals surface area contributed by atoms with Crippen LogP contribution in [0.3, 0.4) is 0 Å². The molecule has 12 heavy (non-hydrogen) atoms. The molecule has 64 valence electrons. The summed E-state index contributed by atoms with van der Waals surface area (Å²) in [6, 6.07) is 0. The van der Waals surface area contributed by atoms with Crippen molar-refractivity contribution in [3.05, 3.63) is 35.4 Å². The Morgan fingerprint density at radius 2 is 2.25 bits per heavy atom. The van der Waals surface area contributed by atoms with Gasteiger partial charge in [-0.05, 0) is 25.3 Å². The van der Waals surface area contributed by atoms with Crippen LogP contribution in [0.2, 0.25) is 0 Å². The van der Waals surface area contributed by atoms with Crippen molar-refractivity contribution >= 4 is 6.72 Å². The van der Waals surface area contributed by atoms with Crippen molar-refractivity contribution in [2.45, 2.75) is 6.92 Å². The summed E-state index contributed by atoms with van der Waals surface area (Å²) in [4.78, 5) is 5.60. The van der Waals surface area contributed by atoms with E-state index in [4.69, 9.17) is 5.73 Å². The lowest BCUT2D eigenvalue weighted by Gasteiger charge is -2.20. The van der Waals surface area contributed by atoms with E-state index in [-0.39, 0.29) is 0 Å². The Labute approximate surface area is 72.6 Å². The van der Waals surface area contributed by atoms with E-state index in [0.717, 1.165) is 5.70 Å². The van der Waals surface area contributed by atoms with Crippen LogP contribution in [0.5, 0.6) is 0 Å². The molecule has 1 rings (SSSR count). The Morgan fingerprint density at radius 1 is 1.58 bits per heavy atom. The first-order valence-electron chi connectivity index (χ1n) is 3.71. The molecule has 0 aliphatic carbocycles. The van der Waals surface area contributed by atoms with E-state index < -0.39 is 0 Å². The smallest absolute Gasteiger partial charge is 0.146 e. The Balaban J connectivity index is 3.00. The van der Waals surface area contributed by atoms with Crippen LogP contribution >= 0.6 is 0 Å². The Kier molecular flexibility index (Phi) is 2.33. The molecule has 0 radical (unpaired) electrons. The van der Waals surface area contributed by atoms with Crippen LogP contribution in [0.15, 0.2) is 40.4 Å². The molecule has 0 saturated carbocycles. The molecule has 0 aromatic carbocycles. The number of nitrogens with zero attached hydrogens (tertiary/aromatic N) is 2. The quantitative estimate of drug-likeness (QED) is 0.590. The molecule has 0 unspecified atom stereocenters. The van der Waals surface area contributed by atoms with Crippen LogP contribution in [-0.4, -0.2) is 18.7 Å². The lowest BCUT2D eigenvalue weighted by atomic mass is 10.2. The zero-order valence-electron chi connectivity index (χ0n) is 7.41. The van der Waals surface area contributed by atoms with Crippen molar-refractivity contribution in [2.75, 3.05) is 7.05 Å². The molecule has 0 atom stereocenters. The van der Waals surface area contributed by atoms with Crippen molar-refractivity contribution in [3.63, 3.8) is 0 Å². The molecule has 0 aromatic heterocycles. The van der Waals surface area contributed by atoms with E-state index in [0.29, 0.717) is 5.82 Å². The molecule has 0 amide bonds. The van der Waals surface area contributed by atoms with Gasteiger partial charge in [0.2, 0.25) is 0 Å². The van der Waals surface area contributed by atoms with Gasteiger partial charge in [0.05, 0.1) is 5.70 Å². The van der Waals surface area contributed by atoms with Crippen molar-refractivity contribution in [1.29, 1.82) is 0 Å². The Morgan fingerprint density at radius 3 is 2.75 bits per heavy atom. The highest BCUT2D eigenvalue weighted by atomic mass is 15.1. The zero-order chi connectivity index (χ0) is 9.14. The van der Waals surface area contributed by atoms with Gasteiger partial charge in [-0.3, -0.25) is 0 Å². The predicted octanol–water partition coefficient (Wildman–Crippen LogP) is 1.22. The molecule has 1 aliphatic heterocycles. The number of nitrogens with two attached hydrogens (primary N) is 1. The first kappa shape index (κ1) is 8.59. The second-order valence-corrected chi connectivity index (χ2v) is 2.75. The van der Waals surface area contributed by atoms with Crippen molar-refractivity contribution < 1.29 is 0 Å². The predicted molar refractivity (Wildman–Crippen MR) is 51.4 cm³/mol. The van der Waals surface area contributed by atoms with Gasteiger partial charge in [0, 0.05) is 13.2 Å². The van der Waals surface area contributed by atoms with E-state index in [1.54, 1.807) is 0 Å². The minimum absolute atomic E-state index is 0.456. The van der Waals surface area contributed by atoms with Gasteiger partial charge in [0.25, 0.3) is 0 Å². The highest BCUT2D eigenvalue weighted by Crippen LogP contribution is 2.16. The van der Waals surface area contributed by atoms with E-state index >= 15 is 0 Å². The zero-order valence-corrected chi connectivity index (χ0v) is 7.41. The van der Waals surface area contributed by atoms with E-state index in [2.05, 4.69) is 11.7 Å². The summed E-state index contributed by atoms with van der Waals surface area (Å²) in [7, 11) is 1.93. The third-order valence-electron chi connectivity index (χ3n) is 1.71. The average Bonchev–Trinajstić information content (AvgIpc) is 2.03. The summed E-state index contributed by atoms with van der Waals surface area (Å²) in [5, 5.41) is 0. The van der Waals surface area contributed by atoms with Gasteiger partial charge in [0.1, 0.15) is 5.82 Å². The number of likely N-dealkylation sites (N-methyl/N-ethyl adjacent to an activating group) is 1. The van der Waals surface area contributed by atoms with Crippen LogP contribution in [-0.2, 0) is 0 Å². The van der Waals surface area contributed by atoms with Gasteiger partial charge in [-0.25, -0.2) is 4.99 Å². The molecule has 3 nitrogen and oxygen atoms in total. The topological polar surface area (TPSA) is 41.6 Å². The fourth-order valence-electron chi connectivity index (χ4n) is 1.09. The number of aliphatic imine (C=N–C) groups is 1. The molecule has 1 aliphatic rings. The minimum Gasteiger partial charge on any atom is -0.382 e. The molecule has 0 saturated heterocycles. The van der Waals surface area contributed by atoms with E-state index in [9.17, 15) is 0 Å². The number of rotatable bonds is 1. The third-order valence-corrected chi connectivity index (χ3v) is 1.71. The van der Waals surface area contributed by atoms with Gasteiger partial charge >= 0.3 is 0 Å². The first-order chi connectivity index (χ1) is 5.65. The van der Waals surface area contributed by atoms with Gasteiger partial charge in [0.15, 0.2) is 0 Å². The highest BCUT2D eigenvalue weighted by Gasteiger charge is 2.06. The summed E-state index contributed by atoms with van der Waals surface area (Å²) in [6.07, 6.45) is 5.92. The van der Waals surface area contributed by atoms with Crippen LogP contribution in [0, 0.1) is 0 Å². The van der Waals surface area contributed by atoms with Crippen LogP contribution in [0.4, 0.5) is 0 Å². The standard InChI is InChI=1S/C9H13N3/c1-7-4-5-8(9(10)11-2)12(3)6-7/h4-6H,2,10H2,1,3H3/b9-8-. The lowest BCUT2D eigenvalue weighted by Crippen LogP contribution is -2.16. The fourth-order valence-corrected chi connectivity index (χ4v) is 1.09. The second-order valence-electron chi connectivity index (χ2n) is 2.75. The summed E-state index contributed by atoms with van der Waals surface area (Å²) < 4.78 is 0. The fraction of sp³-hybridized carbons (Fsp3) is 0.222. The maximum atomic E-state index is 5.61. The number of hydrogen-bond donors (Lipinski definition) is 1. The van der Waals surface area contributed by atoms with E-state index in [1.165, 1.54) is 5.57 Å². The maximum Gasteiger partial charge on any atom is 0.146 e. The Hall–Kier alpha value is -1.51. The number of allylic oxidation sites excluding steroid dienone is 3. The molecule has 0 spiro atoms. The lowest BCUT2D eigenvalue weighted by molar-refractivity contribution is 0.568. The van der Waals surface area contributed by atoms with Crippen LogP contribution in [0.1, 0.15) is 6.92 Å².